The highest BCUT2D eigenvalue weighted by Gasteiger charge is 2.30. The normalized spacial score (nSPS) is 13.8. The lowest BCUT2D eigenvalue weighted by molar-refractivity contribution is -0.116. The summed E-state index contributed by atoms with van der Waals surface area (Å²) in [7, 11) is 0. The minimum atomic E-state index is -0.264. The number of phenols is 1. The molecule has 0 spiro atoms. The van der Waals surface area contributed by atoms with E-state index in [4.69, 9.17) is 0 Å². The molecule has 0 atom stereocenters. The van der Waals surface area contributed by atoms with Gasteiger partial charge in [0.15, 0.2) is 0 Å². The lowest BCUT2D eigenvalue weighted by Gasteiger charge is -2.10. The number of anilines is 1. The SMILES string of the molecule is CC(C)CC(=O)Nc1ccc(-c2cc(C3CC3)n(C(=O)NC(C)C)n2)c(O)c1. The number of nitrogens with one attached hydrogen (secondary N) is 2. The smallest absolute Gasteiger partial charge is 0.342 e. The number of rotatable bonds is 6. The molecule has 28 heavy (non-hydrogen) atoms. The fourth-order valence-electron chi connectivity index (χ4n) is 3.08. The van der Waals surface area contributed by atoms with Crippen molar-refractivity contribution in [2.45, 2.75) is 58.9 Å². The van der Waals surface area contributed by atoms with Gasteiger partial charge in [-0.3, -0.25) is 4.79 Å². The standard InChI is InChI=1S/C21H28N4O3/c1-12(2)9-20(27)23-15-7-8-16(19(26)10-15)17-11-18(14-5-6-14)25(24-17)21(28)22-13(3)4/h7-8,10-14,26H,5-6,9H2,1-4H3,(H,22,28)(H,23,27). The van der Waals surface area contributed by atoms with Gasteiger partial charge in [-0.25, -0.2) is 4.79 Å². The Morgan fingerprint density at radius 3 is 2.50 bits per heavy atom. The second kappa shape index (κ2) is 8.04. The summed E-state index contributed by atoms with van der Waals surface area (Å²) in [5.41, 5.74) is 2.46. The van der Waals surface area contributed by atoms with E-state index in [1.807, 2.05) is 33.8 Å². The average molecular weight is 384 g/mol. The Morgan fingerprint density at radius 1 is 1.21 bits per heavy atom. The van der Waals surface area contributed by atoms with Crippen LogP contribution in [0.3, 0.4) is 0 Å². The maximum atomic E-state index is 12.5. The molecule has 3 rings (SSSR count). The van der Waals surface area contributed by atoms with E-state index in [-0.39, 0.29) is 29.6 Å². The number of hydrogen-bond donors (Lipinski definition) is 3. The van der Waals surface area contributed by atoms with E-state index >= 15 is 0 Å². The number of hydrogen-bond acceptors (Lipinski definition) is 4. The van der Waals surface area contributed by atoms with Gasteiger partial charge in [0.25, 0.3) is 0 Å². The largest absolute Gasteiger partial charge is 0.507 e. The lowest BCUT2D eigenvalue weighted by Crippen LogP contribution is -2.35. The lowest BCUT2D eigenvalue weighted by atomic mass is 10.1. The first-order chi connectivity index (χ1) is 13.2. The molecule has 0 bridgehead atoms. The highest BCUT2D eigenvalue weighted by atomic mass is 16.3. The number of phenolic OH excluding ortho intramolecular Hbond substituents is 1. The van der Waals surface area contributed by atoms with Crippen molar-refractivity contribution in [2.75, 3.05) is 5.32 Å². The molecule has 3 N–H and O–H groups in total. The molecular weight excluding hydrogens is 356 g/mol. The van der Waals surface area contributed by atoms with Crippen LogP contribution in [0.2, 0.25) is 0 Å². The zero-order chi connectivity index (χ0) is 20.4. The van der Waals surface area contributed by atoms with Gasteiger partial charge in [-0.1, -0.05) is 13.8 Å². The number of aromatic nitrogens is 2. The van der Waals surface area contributed by atoms with Gasteiger partial charge < -0.3 is 15.7 Å². The summed E-state index contributed by atoms with van der Waals surface area (Å²) >= 11 is 0. The highest BCUT2D eigenvalue weighted by molar-refractivity contribution is 5.91. The molecule has 7 nitrogen and oxygen atoms in total. The molecular formula is C21H28N4O3. The van der Waals surface area contributed by atoms with Crippen LogP contribution in [-0.2, 0) is 4.79 Å². The number of carbonyl (C=O) groups excluding carboxylic acids is 2. The van der Waals surface area contributed by atoms with Gasteiger partial charge in [0, 0.05) is 35.7 Å². The molecule has 2 amide bonds. The van der Waals surface area contributed by atoms with Gasteiger partial charge in [0.2, 0.25) is 5.91 Å². The second-order valence-electron chi connectivity index (χ2n) is 8.12. The number of amides is 2. The molecule has 1 fully saturated rings. The topological polar surface area (TPSA) is 96.3 Å². The van der Waals surface area contributed by atoms with E-state index < -0.39 is 0 Å². The predicted octanol–water partition coefficient (Wildman–Crippen LogP) is 4.08. The van der Waals surface area contributed by atoms with E-state index in [9.17, 15) is 14.7 Å². The van der Waals surface area contributed by atoms with Gasteiger partial charge in [-0.15, -0.1) is 0 Å². The molecule has 1 aliphatic carbocycles. The zero-order valence-electron chi connectivity index (χ0n) is 16.8. The Hall–Kier alpha value is -2.83. The van der Waals surface area contributed by atoms with Crippen LogP contribution >= 0.6 is 0 Å². The first-order valence-corrected chi connectivity index (χ1v) is 9.78. The molecule has 0 unspecified atom stereocenters. The van der Waals surface area contributed by atoms with Crippen LogP contribution in [0.1, 0.15) is 58.6 Å². The first kappa shape index (κ1) is 19.9. The molecule has 7 heteroatoms. The van der Waals surface area contributed by atoms with Crippen molar-refractivity contribution in [2.24, 2.45) is 5.92 Å². The summed E-state index contributed by atoms with van der Waals surface area (Å²) in [6.45, 7) is 7.75. The molecule has 0 radical (unpaired) electrons. The molecule has 1 aromatic heterocycles. The Balaban J connectivity index is 1.85. The molecule has 2 aromatic rings. The Kier molecular flexibility index (Phi) is 5.72. The van der Waals surface area contributed by atoms with E-state index in [0.717, 1.165) is 18.5 Å². The van der Waals surface area contributed by atoms with Gasteiger partial charge in [-0.05, 0) is 50.8 Å². The summed E-state index contributed by atoms with van der Waals surface area (Å²) in [4.78, 5) is 24.4. The Morgan fingerprint density at radius 2 is 1.93 bits per heavy atom. The molecule has 150 valence electrons. The monoisotopic (exact) mass is 384 g/mol. The maximum Gasteiger partial charge on any atom is 0.342 e. The van der Waals surface area contributed by atoms with Gasteiger partial charge in [0.05, 0.1) is 11.4 Å². The van der Waals surface area contributed by atoms with Gasteiger partial charge in [0.1, 0.15) is 5.75 Å². The van der Waals surface area contributed by atoms with Crippen molar-refractivity contribution in [1.29, 1.82) is 0 Å². The Labute approximate surface area is 165 Å². The number of nitrogens with zero attached hydrogens (tertiary/aromatic N) is 2. The van der Waals surface area contributed by atoms with Crippen LogP contribution in [0.4, 0.5) is 10.5 Å². The minimum absolute atomic E-state index is 0.00865. The third kappa shape index (κ3) is 4.71. The average Bonchev–Trinajstić information content (AvgIpc) is 3.32. The van der Waals surface area contributed by atoms with Gasteiger partial charge >= 0.3 is 6.03 Å². The molecule has 1 aromatic carbocycles. The van der Waals surface area contributed by atoms with Crippen LogP contribution < -0.4 is 10.6 Å². The molecule has 0 aliphatic heterocycles. The summed E-state index contributed by atoms with van der Waals surface area (Å²) in [5, 5.41) is 20.6. The number of benzene rings is 1. The van der Waals surface area contributed by atoms with Crippen molar-refractivity contribution in [3.05, 3.63) is 30.0 Å². The minimum Gasteiger partial charge on any atom is -0.507 e. The van der Waals surface area contributed by atoms with Crippen molar-refractivity contribution in [3.8, 4) is 17.0 Å². The first-order valence-electron chi connectivity index (χ1n) is 9.78. The third-order valence-electron chi connectivity index (χ3n) is 4.49. The quantitative estimate of drug-likeness (QED) is 0.699. The summed E-state index contributed by atoms with van der Waals surface area (Å²) in [6, 6.07) is 6.57. The van der Waals surface area contributed by atoms with E-state index in [1.54, 1.807) is 12.1 Å². The Bertz CT molecular complexity index is 882. The fraction of sp³-hybridized carbons (Fsp3) is 0.476. The van der Waals surface area contributed by atoms with Crippen LogP contribution in [0, 0.1) is 5.92 Å². The molecule has 0 saturated heterocycles. The number of carbonyl (C=O) groups is 2. The maximum absolute atomic E-state index is 12.5. The van der Waals surface area contributed by atoms with Crippen LogP contribution in [-0.4, -0.2) is 32.9 Å². The summed E-state index contributed by atoms with van der Waals surface area (Å²) < 4.78 is 1.41. The third-order valence-corrected chi connectivity index (χ3v) is 4.49. The van der Waals surface area contributed by atoms with Crippen molar-refractivity contribution < 1.29 is 14.7 Å². The van der Waals surface area contributed by atoms with E-state index in [0.29, 0.717) is 29.3 Å². The van der Waals surface area contributed by atoms with Crippen molar-refractivity contribution in [3.63, 3.8) is 0 Å². The highest BCUT2D eigenvalue weighted by Crippen LogP contribution is 2.42. The van der Waals surface area contributed by atoms with Crippen LogP contribution in [0.15, 0.2) is 24.3 Å². The predicted molar refractivity (Wildman–Crippen MR) is 108 cm³/mol. The van der Waals surface area contributed by atoms with Gasteiger partial charge in [-0.2, -0.15) is 9.78 Å². The van der Waals surface area contributed by atoms with Crippen LogP contribution in [0.5, 0.6) is 5.75 Å². The van der Waals surface area contributed by atoms with E-state index in [2.05, 4.69) is 15.7 Å². The molecule has 1 aliphatic rings. The number of aromatic hydroxyl groups is 1. The molecule has 1 saturated carbocycles. The van der Waals surface area contributed by atoms with Crippen molar-refractivity contribution in [1.82, 2.24) is 15.1 Å². The molecule has 1 heterocycles. The van der Waals surface area contributed by atoms with E-state index in [1.165, 1.54) is 10.7 Å². The summed E-state index contributed by atoms with van der Waals surface area (Å²) in [6.07, 6.45) is 2.49. The second-order valence-corrected chi connectivity index (χ2v) is 8.12. The van der Waals surface area contributed by atoms with Crippen molar-refractivity contribution >= 4 is 17.6 Å². The summed E-state index contributed by atoms with van der Waals surface area (Å²) in [5.74, 6) is 0.511. The van der Waals surface area contributed by atoms with Crippen LogP contribution in [0.25, 0.3) is 11.3 Å². The fourth-order valence-corrected chi connectivity index (χ4v) is 3.08. The zero-order valence-corrected chi connectivity index (χ0v) is 16.8.